The lowest BCUT2D eigenvalue weighted by Crippen LogP contribution is -2.46. The van der Waals surface area contributed by atoms with Crippen molar-refractivity contribution in [3.05, 3.63) is 0 Å². The van der Waals surface area contributed by atoms with Gasteiger partial charge >= 0.3 is 12.0 Å². The number of nitrogens with one attached hydrogen (secondary N) is 2. The molecule has 0 bridgehead atoms. The highest BCUT2D eigenvalue weighted by atomic mass is 32.2. The molecule has 0 aliphatic heterocycles. The maximum absolute atomic E-state index is 11.5. The zero-order chi connectivity index (χ0) is 14.0. The highest BCUT2D eigenvalue weighted by molar-refractivity contribution is 7.98. The van der Waals surface area contributed by atoms with Crippen LogP contribution in [0.5, 0.6) is 0 Å². The Morgan fingerprint density at radius 2 is 1.94 bits per heavy atom. The Hall–Kier alpha value is -0.910. The van der Waals surface area contributed by atoms with Crippen molar-refractivity contribution >= 4 is 23.8 Å². The Morgan fingerprint density at radius 1 is 1.28 bits per heavy atom. The van der Waals surface area contributed by atoms with Crippen LogP contribution in [0.2, 0.25) is 0 Å². The Morgan fingerprint density at radius 3 is 2.44 bits per heavy atom. The number of urea groups is 1. The fraction of sp³-hybridized carbons (Fsp3) is 0.833. The van der Waals surface area contributed by atoms with E-state index in [4.69, 9.17) is 5.11 Å². The summed E-state index contributed by atoms with van der Waals surface area (Å²) in [6.07, 6.45) is 4.31. The van der Waals surface area contributed by atoms with E-state index in [0.717, 1.165) is 12.8 Å². The van der Waals surface area contributed by atoms with Gasteiger partial charge in [0.1, 0.15) is 6.04 Å². The number of amides is 2. The number of carbonyl (C=O) groups excluding carboxylic acids is 1. The van der Waals surface area contributed by atoms with E-state index < -0.39 is 18.0 Å². The normalized spacial score (nSPS) is 12.2. The number of thioether (sulfide) groups is 1. The molecule has 1 atom stereocenters. The van der Waals surface area contributed by atoms with Crippen molar-refractivity contribution in [2.24, 2.45) is 5.92 Å². The van der Waals surface area contributed by atoms with Crippen LogP contribution in [0, 0.1) is 5.92 Å². The van der Waals surface area contributed by atoms with Gasteiger partial charge < -0.3 is 15.7 Å². The summed E-state index contributed by atoms with van der Waals surface area (Å²) in [6, 6.07) is -1.20. The zero-order valence-corrected chi connectivity index (χ0v) is 12.2. The Balaban J connectivity index is 3.84. The van der Waals surface area contributed by atoms with Crippen molar-refractivity contribution in [1.29, 1.82) is 0 Å². The highest BCUT2D eigenvalue weighted by Crippen LogP contribution is 2.02. The van der Waals surface area contributed by atoms with E-state index in [-0.39, 0.29) is 0 Å². The monoisotopic (exact) mass is 276 g/mol. The maximum atomic E-state index is 11.5. The molecule has 0 rings (SSSR count). The minimum atomic E-state index is -0.985. The highest BCUT2D eigenvalue weighted by Gasteiger charge is 2.18. The van der Waals surface area contributed by atoms with Crippen molar-refractivity contribution < 1.29 is 14.7 Å². The Kier molecular flexibility index (Phi) is 9.55. The molecule has 6 heteroatoms. The van der Waals surface area contributed by atoms with Gasteiger partial charge in [-0.1, -0.05) is 13.8 Å². The molecule has 0 aromatic rings. The predicted molar refractivity (Wildman–Crippen MR) is 75.0 cm³/mol. The van der Waals surface area contributed by atoms with Crippen LogP contribution in [0.25, 0.3) is 0 Å². The summed E-state index contributed by atoms with van der Waals surface area (Å²) in [5.41, 5.74) is 0. The molecule has 0 saturated carbocycles. The molecule has 106 valence electrons. The van der Waals surface area contributed by atoms with Gasteiger partial charge in [0.15, 0.2) is 0 Å². The molecule has 0 spiro atoms. The number of carboxylic acids is 1. The van der Waals surface area contributed by atoms with Crippen molar-refractivity contribution in [1.82, 2.24) is 10.6 Å². The SMILES string of the molecule is CSCC[C@@H](NC(=O)NCCCC(C)C)C(=O)O. The first-order valence-corrected chi connectivity index (χ1v) is 7.62. The van der Waals surface area contributed by atoms with Gasteiger partial charge in [-0.3, -0.25) is 0 Å². The first-order chi connectivity index (χ1) is 8.47. The van der Waals surface area contributed by atoms with E-state index >= 15 is 0 Å². The van der Waals surface area contributed by atoms with Gasteiger partial charge in [-0.05, 0) is 37.2 Å². The average Bonchev–Trinajstić information content (AvgIpc) is 2.29. The first-order valence-electron chi connectivity index (χ1n) is 6.23. The minimum Gasteiger partial charge on any atom is -0.480 e. The summed E-state index contributed by atoms with van der Waals surface area (Å²) in [6.45, 7) is 4.84. The van der Waals surface area contributed by atoms with Gasteiger partial charge in [-0.15, -0.1) is 0 Å². The Bertz CT molecular complexity index is 260. The molecule has 5 nitrogen and oxygen atoms in total. The molecule has 0 aliphatic rings. The van der Waals surface area contributed by atoms with Gasteiger partial charge in [-0.25, -0.2) is 9.59 Å². The third kappa shape index (κ3) is 9.15. The summed E-state index contributed by atoms with van der Waals surface area (Å²) in [5, 5.41) is 14.1. The van der Waals surface area contributed by atoms with E-state index in [9.17, 15) is 9.59 Å². The third-order valence-corrected chi connectivity index (χ3v) is 3.10. The van der Waals surface area contributed by atoms with Gasteiger partial charge in [0.05, 0.1) is 0 Å². The first kappa shape index (κ1) is 17.1. The topological polar surface area (TPSA) is 78.4 Å². The van der Waals surface area contributed by atoms with Gasteiger partial charge in [-0.2, -0.15) is 11.8 Å². The second-order valence-corrected chi connectivity index (χ2v) is 5.59. The third-order valence-electron chi connectivity index (χ3n) is 2.46. The molecule has 0 radical (unpaired) electrons. The summed E-state index contributed by atoms with van der Waals surface area (Å²) in [7, 11) is 0. The lowest BCUT2D eigenvalue weighted by molar-refractivity contribution is -0.139. The van der Waals surface area contributed by atoms with E-state index in [1.165, 1.54) is 0 Å². The van der Waals surface area contributed by atoms with Crippen LogP contribution in [-0.4, -0.2) is 41.7 Å². The van der Waals surface area contributed by atoms with Crippen LogP contribution < -0.4 is 10.6 Å². The second-order valence-electron chi connectivity index (χ2n) is 4.61. The van der Waals surface area contributed by atoms with E-state index in [0.29, 0.717) is 24.6 Å². The quantitative estimate of drug-likeness (QED) is 0.562. The number of carbonyl (C=O) groups is 2. The smallest absolute Gasteiger partial charge is 0.326 e. The standard InChI is InChI=1S/C12H24N2O3S/c1-9(2)5-4-7-13-12(17)14-10(11(15)16)6-8-18-3/h9-10H,4-8H2,1-3H3,(H,15,16)(H2,13,14,17)/t10-/m1/s1. The number of aliphatic carboxylic acids is 1. The summed E-state index contributed by atoms with van der Waals surface area (Å²) in [4.78, 5) is 22.4. The molecule has 0 saturated heterocycles. The molecule has 0 aromatic heterocycles. The van der Waals surface area contributed by atoms with Crippen LogP contribution in [0.3, 0.4) is 0 Å². The molecular weight excluding hydrogens is 252 g/mol. The van der Waals surface area contributed by atoms with Crippen LogP contribution in [0.4, 0.5) is 4.79 Å². The minimum absolute atomic E-state index is 0.396. The van der Waals surface area contributed by atoms with Crippen molar-refractivity contribution in [2.45, 2.75) is 39.2 Å². The molecular formula is C12H24N2O3S. The molecule has 0 heterocycles. The van der Waals surface area contributed by atoms with Gasteiger partial charge in [0, 0.05) is 6.54 Å². The molecule has 0 aromatic carbocycles. The average molecular weight is 276 g/mol. The summed E-state index contributed by atoms with van der Waals surface area (Å²) in [5.74, 6) is 0.342. The predicted octanol–water partition coefficient (Wildman–Crippen LogP) is 1.93. The molecule has 18 heavy (non-hydrogen) atoms. The van der Waals surface area contributed by atoms with Crippen LogP contribution in [-0.2, 0) is 4.79 Å². The number of hydrogen-bond acceptors (Lipinski definition) is 3. The van der Waals surface area contributed by atoms with E-state index in [1.54, 1.807) is 11.8 Å². The molecule has 3 N–H and O–H groups in total. The fourth-order valence-electron chi connectivity index (χ4n) is 1.41. The zero-order valence-electron chi connectivity index (χ0n) is 11.4. The molecule has 0 aliphatic carbocycles. The lowest BCUT2D eigenvalue weighted by atomic mass is 10.1. The molecule has 0 unspecified atom stereocenters. The van der Waals surface area contributed by atoms with Crippen molar-refractivity contribution in [3.63, 3.8) is 0 Å². The van der Waals surface area contributed by atoms with E-state index in [1.807, 2.05) is 6.26 Å². The fourth-order valence-corrected chi connectivity index (χ4v) is 1.89. The maximum Gasteiger partial charge on any atom is 0.326 e. The summed E-state index contributed by atoms with van der Waals surface area (Å²) < 4.78 is 0. The molecule has 0 fully saturated rings. The Labute approximate surface area is 113 Å². The number of carboxylic acid groups (broad SMARTS) is 1. The van der Waals surface area contributed by atoms with Crippen molar-refractivity contribution in [3.8, 4) is 0 Å². The number of rotatable bonds is 9. The van der Waals surface area contributed by atoms with Crippen LogP contribution in [0.1, 0.15) is 33.1 Å². The second kappa shape index (κ2) is 10.1. The van der Waals surface area contributed by atoms with E-state index in [2.05, 4.69) is 24.5 Å². The van der Waals surface area contributed by atoms with Gasteiger partial charge in [0.2, 0.25) is 0 Å². The summed E-state index contributed by atoms with van der Waals surface area (Å²) >= 11 is 1.56. The van der Waals surface area contributed by atoms with Crippen molar-refractivity contribution in [2.75, 3.05) is 18.6 Å². The molecule has 2 amide bonds. The van der Waals surface area contributed by atoms with Crippen LogP contribution in [0.15, 0.2) is 0 Å². The van der Waals surface area contributed by atoms with Crippen LogP contribution >= 0.6 is 11.8 Å². The lowest BCUT2D eigenvalue weighted by Gasteiger charge is -2.14. The largest absolute Gasteiger partial charge is 0.480 e. The number of hydrogen-bond donors (Lipinski definition) is 3. The van der Waals surface area contributed by atoms with Gasteiger partial charge in [0.25, 0.3) is 0 Å².